The van der Waals surface area contributed by atoms with Crippen LogP contribution in [-0.4, -0.2) is 44.3 Å². The number of nitrogens with zero attached hydrogens (tertiary/aromatic N) is 1. The van der Waals surface area contributed by atoms with E-state index in [9.17, 15) is 0 Å². The zero-order valence-corrected chi connectivity index (χ0v) is 13.2. The second kappa shape index (κ2) is 7.99. The predicted molar refractivity (Wildman–Crippen MR) is 84.2 cm³/mol. The molecule has 0 saturated carbocycles. The average Bonchev–Trinajstić information content (AvgIpc) is 2.41. The van der Waals surface area contributed by atoms with Crippen LogP contribution in [0.1, 0.15) is 18.9 Å². The molecule has 1 heterocycles. The fraction of sp³-hybridized carbons (Fsp3) is 0.625. The van der Waals surface area contributed by atoms with Gasteiger partial charge in [0.15, 0.2) is 0 Å². The molecule has 1 aromatic rings. The first-order valence-electron chi connectivity index (χ1n) is 7.43. The highest BCUT2D eigenvalue weighted by molar-refractivity contribution is 6.30. The molecule has 1 aliphatic rings. The number of nitrogens with one attached hydrogen (secondary N) is 1. The molecule has 0 amide bonds. The van der Waals surface area contributed by atoms with Gasteiger partial charge in [0.2, 0.25) is 0 Å². The minimum Gasteiger partial charge on any atom is -0.381 e. The molecule has 2 unspecified atom stereocenters. The van der Waals surface area contributed by atoms with E-state index in [2.05, 4.69) is 30.3 Å². The van der Waals surface area contributed by atoms with Gasteiger partial charge < -0.3 is 15.0 Å². The van der Waals surface area contributed by atoms with Gasteiger partial charge in [0.25, 0.3) is 0 Å². The van der Waals surface area contributed by atoms with Crippen molar-refractivity contribution in [3.05, 3.63) is 34.9 Å². The quantitative estimate of drug-likeness (QED) is 0.874. The lowest BCUT2D eigenvalue weighted by Crippen LogP contribution is -2.47. The lowest BCUT2D eigenvalue weighted by Gasteiger charge is -2.34. The van der Waals surface area contributed by atoms with E-state index in [1.54, 1.807) is 0 Å². The lowest BCUT2D eigenvalue weighted by molar-refractivity contribution is 0.0193. The molecule has 0 radical (unpaired) electrons. The van der Waals surface area contributed by atoms with E-state index >= 15 is 0 Å². The van der Waals surface area contributed by atoms with Crippen molar-refractivity contribution in [2.75, 3.05) is 33.4 Å². The maximum atomic E-state index is 6.04. The minimum atomic E-state index is 0.563. The second-order valence-corrected chi connectivity index (χ2v) is 6.05. The summed E-state index contributed by atoms with van der Waals surface area (Å²) in [6, 6.07) is 8.67. The molecule has 2 rings (SSSR count). The summed E-state index contributed by atoms with van der Waals surface area (Å²) in [6.45, 7) is 6.91. The van der Waals surface area contributed by atoms with E-state index < -0.39 is 0 Å². The van der Waals surface area contributed by atoms with Crippen molar-refractivity contribution in [2.45, 2.75) is 25.9 Å². The number of benzene rings is 1. The van der Waals surface area contributed by atoms with Gasteiger partial charge in [-0.2, -0.15) is 0 Å². The fourth-order valence-corrected chi connectivity index (χ4v) is 3.13. The van der Waals surface area contributed by atoms with Crippen molar-refractivity contribution in [1.29, 1.82) is 0 Å². The molecule has 0 spiro atoms. The Bertz CT molecular complexity index is 411. The Morgan fingerprint density at radius 2 is 2.30 bits per heavy atom. The van der Waals surface area contributed by atoms with E-state index in [0.717, 1.165) is 44.3 Å². The molecule has 1 aliphatic heterocycles. The van der Waals surface area contributed by atoms with Gasteiger partial charge in [0.05, 0.1) is 6.61 Å². The van der Waals surface area contributed by atoms with Gasteiger partial charge in [0.1, 0.15) is 0 Å². The van der Waals surface area contributed by atoms with Gasteiger partial charge in [0, 0.05) is 36.7 Å². The van der Waals surface area contributed by atoms with Crippen LogP contribution in [-0.2, 0) is 11.3 Å². The first kappa shape index (κ1) is 15.8. The minimum absolute atomic E-state index is 0.563. The molecule has 0 aromatic heterocycles. The van der Waals surface area contributed by atoms with E-state index in [1.807, 2.05) is 18.2 Å². The molecule has 1 aromatic carbocycles. The highest BCUT2D eigenvalue weighted by Gasteiger charge is 2.25. The summed E-state index contributed by atoms with van der Waals surface area (Å²) in [7, 11) is 2.17. The number of hydrogen-bond acceptors (Lipinski definition) is 3. The zero-order chi connectivity index (χ0) is 14.4. The summed E-state index contributed by atoms with van der Waals surface area (Å²) < 4.78 is 5.64. The van der Waals surface area contributed by atoms with Gasteiger partial charge in [-0.05, 0) is 37.7 Å². The maximum Gasteiger partial charge on any atom is 0.0521 e. The predicted octanol–water partition coefficient (Wildman–Crippen LogP) is 2.79. The molecule has 112 valence electrons. The van der Waals surface area contributed by atoms with Crippen LogP contribution in [0.25, 0.3) is 0 Å². The van der Waals surface area contributed by atoms with Crippen LogP contribution in [0.3, 0.4) is 0 Å². The van der Waals surface area contributed by atoms with E-state index in [4.69, 9.17) is 16.3 Å². The van der Waals surface area contributed by atoms with Crippen molar-refractivity contribution in [2.24, 2.45) is 5.92 Å². The van der Waals surface area contributed by atoms with Crippen LogP contribution in [0.5, 0.6) is 0 Å². The van der Waals surface area contributed by atoms with Crippen molar-refractivity contribution in [3.8, 4) is 0 Å². The van der Waals surface area contributed by atoms with Crippen molar-refractivity contribution in [1.82, 2.24) is 10.2 Å². The molecule has 0 aliphatic carbocycles. The smallest absolute Gasteiger partial charge is 0.0521 e. The second-order valence-electron chi connectivity index (χ2n) is 5.61. The monoisotopic (exact) mass is 296 g/mol. The summed E-state index contributed by atoms with van der Waals surface area (Å²) >= 11 is 6.04. The molecule has 1 N–H and O–H groups in total. The standard InChI is InChI=1S/C16H25ClN2O/c1-3-18-16-7-8-20-12-14(16)11-19(2)10-13-5-4-6-15(17)9-13/h4-6,9,14,16,18H,3,7-8,10-12H2,1-2H3. The SMILES string of the molecule is CCNC1CCOCC1CN(C)Cc1cccc(Cl)c1. The van der Waals surface area contributed by atoms with Gasteiger partial charge >= 0.3 is 0 Å². The first-order chi connectivity index (χ1) is 9.69. The highest BCUT2D eigenvalue weighted by atomic mass is 35.5. The number of halogens is 1. The largest absolute Gasteiger partial charge is 0.381 e. The molecular weight excluding hydrogens is 272 g/mol. The van der Waals surface area contributed by atoms with E-state index in [0.29, 0.717) is 12.0 Å². The van der Waals surface area contributed by atoms with Gasteiger partial charge in [-0.3, -0.25) is 0 Å². The normalized spacial score (nSPS) is 23.2. The fourth-order valence-electron chi connectivity index (χ4n) is 2.92. The Kier molecular flexibility index (Phi) is 6.30. The lowest BCUT2D eigenvalue weighted by atomic mass is 9.95. The number of rotatable bonds is 6. The first-order valence-corrected chi connectivity index (χ1v) is 7.81. The summed E-state index contributed by atoms with van der Waals surface area (Å²) in [5, 5.41) is 4.39. The Morgan fingerprint density at radius 1 is 1.45 bits per heavy atom. The van der Waals surface area contributed by atoms with E-state index in [1.165, 1.54) is 5.56 Å². The third-order valence-electron chi connectivity index (χ3n) is 3.83. The highest BCUT2D eigenvalue weighted by Crippen LogP contribution is 2.18. The van der Waals surface area contributed by atoms with Gasteiger partial charge in [-0.25, -0.2) is 0 Å². The Labute approximate surface area is 127 Å². The zero-order valence-electron chi connectivity index (χ0n) is 12.4. The van der Waals surface area contributed by atoms with Crippen LogP contribution in [0.2, 0.25) is 5.02 Å². The van der Waals surface area contributed by atoms with Crippen LogP contribution in [0.15, 0.2) is 24.3 Å². The molecule has 0 bridgehead atoms. The van der Waals surface area contributed by atoms with Crippen molar-refractivity contribution < 1.29 is 4.74 Å². The number of ether oxygens (including phenoxy) is 1. The van der Waals surface area contributed by atoms with E-state index in [-0.39, 0.29) is 0 Å². The Balaban J connectivity index is 1.87. The molecule has 1 saturated heterocycles. The summed E-state index contributed by atoms with van der Waals surface area (Å²) in [6.07, 6.45) is 1.11. The van der Waals surface area contributed by atoms with Crippen LogP contribution < -0.4 is 5.32 Å². The molecule has 2 atom stereocenters. The molecule has 20 heavy (non-hydrogen) atoms. The topological polar surface area (TPSA) is 24.5 Å². The van der Waals surface area contributed by atoms with Gasteiger partial charge in [-0.15, -0.1) is 0 Å². The third-order valence-corrected chi connectivity index (χ3v) is 4.06. The number of hydrogen-bond donors (Lipinski definition) is 1. The molecule has 4 heteroatoms. The van der Waals surface area contributed by atoms with Crippen LogP contribution in [0.4, 0.5) is 0 Å². The summed E-state index contributed by atoms with van der Waals surface area (Å²) in [5.74, 6) is 0.563. The maximum absolute atomic E-state index is 6.04. The van der Waals surface area contributed by atoms with Crippen molar-refractivity contribution in [3.63, 3.8) is 0 Å². The van der Waals surface area contributed by atoms with Crippen molar-refractivity contribution >= 4 is 11.6 Å². The Hall–Kier alpha value is -0.610. The average molecular weight is 297 g/mol. The van der Waals surface area contributed by atoms with Crippen LogP contribution in [0, 0.1) is 5.92 Å². The molecule has 3 nitrogen and oxygen atoms in total. The van der Waals surface area contributed by atoms with Crippen LogP contribution >= 0.6 is 11.6 Å². The third kappa shape index (κ3) is 4.74. The molecular formula is C16H25ClN2O. The summed E-state index contributed by atoms with van der Waals surface area (Å²) in [4.78, 5) is 2.36. The molecule has 1 fully saturated rings. The van der Waals surface area contributed by atoms with Gasteiger partial charge in [-0.1, -0.05) is 30.7 Å². The Morgan fingerprint density at radius 3 is 3.05 bits per heavy atom. The summed E-state index contributed by atoms with van der Waals surface area (Å²) in [5.41, 5.74) is 1.26.